The number of hydrogen-bond donors (Lipinski definition) is 0. The highest BCUT2D eigenvalue weighted by atomic mass is 35.5. The van der Waals surface area contributed by atoms with Crippen LogP contribution >= 0.6 is 35.0 Å². The smallest absolute Gasteiger partial charge is 0.293 e. The van der Waals surface area contributed by atoms with Crippen LogP contribution in [0.15, 0.2) is 47.4 Å². The third-order valence-electron chi connectivity index (χ3n) is 3.75. The van der Waals surface area contributed by atoms with Crippen LogP contribution in [0.2, 0.25) is 10.0 Å². The minimum absolute atomic E-state index is 0.00685. The maximum Gasteiger partial charge on any atom is 0.293 e. The molecule has 5 nitrogen and oxygen atoms in total. The number of amides is 2. The summed E-state index contributed by atoms with van der Waals surface area (Å²) < 4.78 is 5.35. The van der Waals surface area contributed by atoms with Crippen LogP contribution in [0.5, 0.6) is 5.75 Å². The van der Waals surface area contributed by atoms with Gasteiger partial charge in [0.05, 0.1) is 11.4 Å². The number of nitriles is 1. The lowest BCUT2D eigenvalue weighted by atomic mass is 10.1. The van der Waals surface area contributed by atoms with Gasteiger partial charge in [0.15, 0.2) is 6.61 Å². The molecular formula is C19H12Cl2N2O3S. The van der Waals surface area contributed by atoms with Gasteiger partial charge in [-0.2, -0.15) is 5.26 Å². The number of nitrogens with zero attached hydrogens (tertiary/aromatic N) is 2. The summed E-state index contributed by atoms with van der Waals surface area (Å²) in [5.41, 5.74) is 1.12. The third-order valence-corrected chi connectivity index (χ3v) is 5.36. The molecule has 0 spiro atoms. The van der Waals surface area contributed by atoms with Gasteiger partial charge in [0.25, 0.3) is 11.1 Å². The Morgan fingerprint density at radius 3 is 2.52 bits per heavy atom. The normalized spacial score (nSPS) is 15.3. The van der Waals surface area contributed by atoms with Crippen LogP contribution in [0.3, 0.4) is 0 Å². The van der Waals surface area contributed by atoms with Crippen molar-refractivity contribution in [3.63, 3.8) is 0 Å². The fourth-order valence-corrected chi connectivity index (χ4v) is 3.81. The Kier molecular flexibility index (Phi) is 6.07. The average Bonchev–Trinajstić information content (AvgIpc) is 2.91. The number of halogens is 2. The van der Waals surface area contributed by atoms with Gasteiger partial charge < -0.3 is 4.74 Å². The second kappa shape index (κ2) is 8.49. The molecule has 3 rings (SSSR count). The van der Waals surface area contributed by atoms with Crippen molar-refractivity contribution >= 4 is 52.2 Å². The Morgan fingerprint density at radius 1 is 1.11 bits per heavy atom. The summed E-state index contributed by atoms with van der Waals surface area (Å²) in [4.78, 5) is 26.4. The number of carbonyl (C=O) groups is 2. The molecule has 1 heterocycles. The summed E-state index contributed by atoms with van der Waals surface area (Å²) in [7, 11) is 0. The molecule has 0 atom stereocenters. The number of ether oxygens (including phenoxy) is 1. The standard InChI is InChI=1S/C19H12Cl2N2O3S/c20-14-5-3-6-15(21)13(14)11-23-18(24)17(27-19(23)25)10-12-4-1-2-7-16(12)26-9-8-22/h1-7,10H,9,11H2/b17-10-. The van der Waals surface area contributed by atoms with E-state index in [-0.39, 0.29) is 18.1 Å². The summed E-state index contributed by atoms with van der Waals surface area (Å²) in [5.74, 6) is 0.0241. The summed E-state index contributed by atoms with van der Waals surface area (Å²) in [6, 6.07) is 13.9. The van der Waals surface area contributed by atoms with Crippen LogP contribution in [0.4, 0.5) is 4.79 Å². The van der Waals surface area contributed by atoms with E-state index in [2.05, 4.69) is 0 Å². The van der Waals surface area contributed by atoms with Crippen LogP contribution in [-0.2, 0) is 11.3 Å². The number of hydrogen-bond acceptors (Lipinski definition) is 5. The Balaban J connectivity index is 1.87. The van der Waals surface area contributed by atoms with E-state index in [1.165, 1.54) is 0 Å². The highest BCUT2D eigenvalue weighted by Crippen LogP contribution is 2.36. The first-order valence-corrected chi connectivity index (χ1v) is 9.35. The number of benzene rings is 2. The largest absolute Gasteiger partial charge is 0.478 e. The van der Waals surface area contributed by atoms with Crippen LogP contribution in [0, 0.1) is 11.3 Å². The molecule has 1 saturated heterocycles. The minimum Gasteiger partial charge on any atom is -0.478 e. The summed E-state index contributed by atoms with van der Waals surface area (Å²) in [6.07, 6.45) is 1.58. The molecule has 2 amide bonds. The van der Waals surface area contributed by atoms with Gasteiger partial charge in [0.2, 0.25) is 0 Å². The first-order chi connectivity index (χ1) is 13.0. The number of rotatable bonds is 5. The van der Waals surface area contributed by atoms with Gasteiger partial charge in [-0.3, -0.25) is 14.5 Å². The van der Waals surface area contributed by atoms with Crippen LogP contribution in [-0.4, -0.2) is 22.7 Å². The molecule has 0 saturated carbocycles. The molecule has 2 aromatic rings. The first-order valence-electron chi connectivity index (χ1n) is 7.78. The molecule has 0 unspecified atom stereocenters. The lowest BCUT2D eigenvalue weighted by molar-refractivity contribution is -0.123. The molecule has 0 aliphatic carbocycles. The Morgan fingerprint density at radius 2 is 1.81 bits per heavy atom. The van der Waals surface area contributed by atoms with E-state index in [9.17, 15) is 9.59 Å². The van der Waals surface area contributed by atoms with Crippen LogP contribution in [0.25, 0.3) is 6.08 Å². The fraction of sp³-hybridized carbons (Fsp3) is 0.105. The van der Waals surface area contributed by atoms with Gasteiger partial charge in [-0.05, 0) is 36.0 Å². The van der Waals surface area contributed by atoms with Crippen LogP contribution in [0.1, 0.15) is 11.1 Å². The first kappa shape index (κ1) is 19.3. The van der Waals surface area contributed by atoms with E-state index in [0.717, 1.165) is 16.7 Å². The molecule has 0 N–H and O–H groups in total. The lowest BCUT2D eigenvalue weighted by Gasteiger charge is -2.14. The summed E-state index contributed by atoms with van der Waals surface area (Å²) in [6.45, 7) is -0.121. The predicted octanol–water partition coefficient (Wildman–Crippen LogP) is 5.13. The molecule has 0 radical (unpaired) electrons. The average molecular weight is 419 g/mol. The van der Waals surface area contributed by atoms with Crippen molar-refractivity contribution in [2.24, 2.45) is 0 Å². The van der Waals surface area contributed by atoms with Gasteiger partial charge in [-0.1, -0.05) is 47.5 Å². The molecule has 136 valence electrons. The Hall–Kier alpha value is -2.46. The molecule has 27 heavy (non-hydrogen) atoms. The summed E-state index contributed by atoms with van der Waals surface area (Å²) in [5, 5.41) is 9.05. The lowest BCUT2D eigenvalue weighted by Crippen LogP contribution is -2.27. The number of carbonyl (C=O) groups excluding carboxylic acids is 2. The topological polar surface area (TPSA) is 70.4 Å². The molecule has 2 aromatic carbocycles. The fourth-order valence-electron chi connectivity index (χ4n) is 2.46. The number of imide groups is 1. The molecule has 0 bridgehead atoms. The zero-order valence-corrected chi connectivity index (χ0v) is 16.1. The molecule has 8 heteroatoms. The Bertz CT molecular complexity index is 965. The van der Waals surface area contributed by atoms with E-state index in [0.29, 0.717) is 26.9 Å². The zero-order valence-electron chi connectivity index (χ0n) is 13.8. The van der Waals surface area contributed by atoms with Gasteiger partial charge in [0.1, 0.15) is 11.8 Å². The highest BCUT2D eigenvalue weighted by molar-refractivity contribution is 8.18. The van der Waals surface area contributed by atoms with Crippen LogP contribution < -0.4 is 4.74 Å². The van der Waals surface area contributed by atoms with Crippen molar-refractivity contribution in [1.29, 1.82) is 5.26 Å². The predicted molar refractivity (Wildman–Crippen MR) is 106 cm³/mol. The Labute approximate surface area is 170 Å². The molecule has 1 aliphatic rings. The van der Waals surface area contributed by atoms with E-state index in [4.69, 9.17) is 33.2 Å². The van der Waals surface area contributed by atoms with E-state index < -0.39 is 11.1 Å². The second-order valence-electron chi connectivity index (χ2n) is 5.45. The van der Waals surface area contributed by atoms with Crippen molar-refractivity contribution < 1.29 is 14.3 Å². The van der Waals surface area contributed by atoms with Gasteiger partial charge >= 0.3 is 0 Å². The summed E-state index contributed by atoms with van der Waals surface area (Å²) >= 11 is 13.1. The van der Waals surface area contributed by atoms with Crippen molar-refractivity contribution in [3.8, 4) is 11.8 Å². The van der Waals surface area contributed by atoms with E-state index in [1.54, 1.807) is 48.5 Å². The quantitative estimate of drug-likeness (QED) is 0.629. The number of para-hydroxylation sites is 1. The van der Waals surface area contributed by atoms with Crippen molar-refractivity contribution in [2.45, 2.75) is 6.54 Å². The number of thioether (sulfide) groups is 1. The second-order valence-corrected chi connectivity index (χ2v) is 7.26. The maximum absolute atomic E-state index is 12.7. The van der Waals surface area contributed by atoms with Gasteiger partial charge in [0, 0.05) is 21.2 Å². The van der Waals surface area contributed by atoms with Gasteiger partial charge in [-0.15, -0.1) is 0 Å². The molecule has 1 aliphatic heterocycles. The molecular weight excluding hydrogens is 407 g/mol. The highest BCUT2D eigenvalue weighted by Gasteiger charge is 2.35. The maximum atomic E-state index is 12.7. The van der Waals surface area contributed by atoms with E-state index >= 15 is 0 Å². The zero-order chi connectivity index (χ0) is 19.4. The van der Waals surface area contributed by atoms with Crippen molar-refractivity contribution in [1.82, 2.24) is 4.90 Å². The third kappa shape index (κ3) is 4.28. The van der Waals surface area contributed by atoms with Crippen molar-refractivity contribution in [3.05, 3.63) is 68.5 Å². The molecule has 1 fully saturated rings. The SMILES string of the molecule is N#CCOc1ccccc1/C=C1\SC(=O)N(Cc2c(Cl)cccc2Cl)C1=O. The molecule has 0 aromatic heterocycles. The van der Waals surface area contributed by atoms with Gasteiger partial charge in [-0.25, -0.2) is 0 Å². The minimum atomic E-state index is -0.434. The van der Waals surface area contributed by atoms with Crippen molar-refractivity contribution in [2.75, 3.05) is 6.61 Å². The monoisotopic (exact) mass is 418 g/mol. The van der Waals surface area contributed by atoms with E-state index in [1.807, 2.05) is 6.07 Å².